The molecule has 0 heteroatoms. The number of allylic oxidation sites excluding steroid dienone is 4. The summed E-state index contributed by atoms with van der Waals surface area (Å²) in [6.45, 7) is 0. The molecule has 18 heavy (non-hydrogen) atoms. The molecule has 0 aromatic rings. The normalized spacial score (nSPS) is 25.8. The molecular weight excluding hydrogens is 216 g/mol. The van der Waals surface area contributed by atoms with Crippen LogP contribution in [0.1, 0.15) is 89.9 Å². The first-order valence-corrected chi connectivity index (χ1v) is 8.30. The van der Waals surface area contributed by atoms with Crippen LogP contribution in [0.4, 0.5) is 0 Å². The van der Waals surface area contributed by atoms with Gasteiger partial charge in [-0.15, -0.1) is 0 Å². The average molecular weight is 248 g/mol. The Morgan fingerprint density at radius 1 is 0.278 bits per heavy atom. The molecular formula is C18H32. The van der Waals surface area contributed by atoms with E-state index in [9.17, 15) is 0 Å². The molecule has 0 bridgehead atoms. The average Bonchev–Trinajstić information content (AvgIpc) is 2.39. The molecule has 0 radical (unpaired) electrons. The Bertz CT molecular complexity index is 188. The maximum atomic E-state index is 2.39. The van der Waals surface area contributed by atoms with Crippen LogP contribution in [-0.4, -0.2) is 0 Å². The molecule has 0 nitrogen and oxygen atoms in total. The highest BCUT2D eigenvalue weighted by molar-refractivity contribution is 4.88. The van der Waals surface area contributed by atoms with Crippen LogP contribution < -0.4 is 0 Å². The quantitative estimate of drug-likeness (QED) is 0.425. The van der Waals surface area contributed by atoms with E-state index in [0.29, 0.717) is 0 Å². The monoisotopic (exact) mass is 248 g/mol. The molecule has 1 rings (SSSR count). The molecule has 104 valence electrons. The Balaban J connectivity index is 2.13. The van der Waals surface area contributed by atoms with Crippen LogP contribution in [-0.2, 0) is 0 Å². The predicted octanol–water partition coefficient (Wildman–Crippen LogP) is 6.57. The summed E-state index contributed by atoms with van der Waals surface area (Å²) in [5.41, 5.74) is 0. The van der Waals surface area contributed by atoms with Gasteiger partial charge in [0.2, 0.25) is 0 Å². The van der Waals surface area contributed by atoms with E-state index in [1.165, 1.54) is 89.9 Å². The van der Waals surface area contributed by atoms with Gasteiger partial charge in [0.05, 0.1) is 0 Å². The van der Waals surface area contributed by atoms with Crippen LogP contribution in [0, 0.1) is 0 Å². The van der Waals surface area contributed by atoms with Crippen molar-refractivity contribution in [1.82, 2.24) is 0 Å². The first-order chi connectivity index (χ1) is 9.00. The molecule has 0 unspecified atom stereocenters. The van der Waals surface area contributed by atoms with E-state index in [-0.39, 0.29) is 0 Å². The van der Waals surface area contributed by atoms with Gasteiger partial charge in [0, 0.05) is 0 Å². The molecule has 0 fully saturated rings. The minimum Gasteiger partial charge on any atom is -0.0885 e. The first-order valence-electron chi connectivity index (χ1n) is 8.30. The molecule has 0 saturated heterocycles. The van der Waals surface area contributed by atoms with Crippen molar-refractivity contribution < 1.29 is 0 Å². The van der Waals surface area contributed by atoms with E-state index in [2.05, 4.69) is 24.3 Å². The van der Waals surface area contributed by atoms with Gasteiger partial charge in [-0.05, 0) is 38.5 Å². The van der Waals surface area contributed by atoms with E-state index in [1.54, 1.807) is 0 Å². The van der Waals surface area contributed by atoms with Gasteiger partial charge in [-0.2, -0.15) is 0 Å². The molecule has 0 aromatic heterocycles. The van der Waals surface area contributed by atoms with Gasteiger partial charge in [-0.25, -0.2) is 0 Å². The summed E-state index contributed by atoms with van der Waals surface area (Å²) in [5, 5.41) is 0. The van der Waals surface area contributed by atoms with Gasteiger partial charge >= 0.3 is 0 Å². The second kappa shape index (κ2) is 12.9. The smallest absolute Gasteiger partial charge is 0.0316 e. The summed E-state index contributed by atoms with van der Waals surface area (Å²) in [6.07, 6.45) is 29.0. The van der Waals surface area contributed by atoms with E-state index < -0.39 is 0 Å². The lowest BCUT2D eigenvalue weighted by Crippen LogP contribution is -1.82. The van der Waals surface area contributed by atoms with Crippen molar-refractivity contribution in [2.24, 2.45) is 0 Å². The summed E-state index contributed by atoms with van der Waals surface area (Å²) in [6, 6.07) is 0. The van der Waals surface area contributed by atoms with Crippen LogP contribution in [0.2, 0.25) is 0 Å². The van der Waals surface area contributed by atoms with Gasteiger partial charge in [-0.3, -0.25) is 0 Å². The Hall–Kier alpha value is -0.520. The van der Waals surface area contributed by atoms with Crippen LogP contribution >= 0.6 is 0 Å². The Labute approximate surface area is 115 Å². The van der Waals surface area contributed by atoms with Gasteiger partial charge in [0.1, 0.15) is 0 Å². The summed E-state index contributed by atoms with van der Waals surface area (Å²) in [5.74, 6) is 0. The maximum Gasteiger partial charge on any atom is -0.0316 e. The maximum absolute atomic E-state index is 2.39. The highest BCUT2D eigenvalue weighted by Crippen LogP contribution is 2.12. The molecule has 0 spiro atoms. The second-order valence-corrected chi connectivity index (χ2v) is 5.63. The third-order valence-corrected chi connectivity index (χ3v) is 3.82. The van der Waals surface area contributed by atoms with Crippen LogP contribution in [0.3, 0.4) is 0 Å². The summed E-state index contributed by atoms with van der Waals surface area (Å²) in [4.78, 5) is 0. The Morgan fingerprint density at radius 3 is 0.944 bits per heavy atom. The summed E-state index contributed by atoms with van der Waals surface area (Å²) in [7, 11) is 0. The summed E-state index contributed by atoms with van der Waals surface area (Å²) < 4.78 is 0. The molecule has 0 aromatic carbocycles. The molecule has 0 atom stereocenters. The lowest BCUT2D eigenvalue weighted by molar-refractivity contribution is 0.553. The third-order valence-electron chi connectivity index (χ3n) is 3.82. The predicted molar refractivity (Wildman–Crippen MR) is 82.9 cm³/mol. The highest BCUT2D eigenvalue weighted by atomic mass is 14.0. The largest absolute Gasteiger partial charge is 0.0885 e. The van der Waals surface area contributed by atoms with E-state index in [1.807, 2.05) is 0 Å². The lowest BCUT2D eigenvalue weighted by Gasteiger charge is -2.02. The van der Waals surface area contributed by atoms with Crippen molar-refractivity contribution in [3.8, 4) is 0 Å². The molecule has 0 N–H and O–H groups in total. The zero-order valence-electron chi connectivity index (χ0n) is 12.2. The SMILES string of the molecule is C1=C\CCCCCCCCCCCC/C=C\CC/1. The van der Waals surface area contributed by atoms with Crippen molar-refractivity contribution in [2.45, 2.75) is 89.9 Å². The van der Waals surface area contributed by atoms with Crippen LogP contribution in [0.5, 0.6) is 0 Å². The van der Waals surface area contributed by atoms with Crippen molar-refractivity contribution in [2.75, 3.05) is 0 Å². The van der Waals surface area contributed by atoms with Crippen molar-refractivity contribution in [3.63, 3.8) is 0 Å². The van der Waals surface area contributed by atoms with Gasteiger partial charge in [-0.1, -0.05) is 75.7 Å². The van der Waals surface area contributed by atoms with E-state index in [0.717, 1.165) is 0 Å². The number of hydrogen-bond acceptors (Lipinski definition) is 0. The second-order valence-electron chi connectivity index (χ2n) is 5.63. The fourth-order valence-electron chi connectivity index (χ4n) is 2.60. The van der Waals surface area contributed by atoms with Crippen LogP contribution in [0.15, 0.2) is 24.3 Å². The fourth-order valence-corrected chi connectivity index (χ4v) is 2.60. The van der Waals surface area contributed by atoms with E-state index >= 15 is 0 Å². The third kappa shape index (κ3) is 10.6. The minimum absolute atomic E-state index is 1.23. The topological polar surface area (TPSA) is 0 Å². The molecule has 1 aliphatic carbocycles. The van der Waals surface area contributed by atoms with Gasteiger partial charge < -0.3 is 0 Å². The molecule has 0 saturated carbocycles. The molecule has 0 amide bonds. The van der Waals surface area contributed by atoms with E-state index in [4.69, 9.17) is 0 Å². The molecule has 0 aliphatic heterocycles. The molecule has 1 aliphatic rings. The molecule has 0 heterocycles. The standard InChI is InChI=1S/C18H32/c1-2-4-6-8-10-12-14-16-18-17-15-13-11-9-7-5-3-1/h1-2,7,9H,3-6,8,10-18H2/b2-1-,9-7-. The number of rotatable bonds is 0. The fraction of sp³-hybridized carbons (Fsp3) is 0.778. The first kappa shape index (κ1) is 15.5. The Kier molecular flexibility index (Phi) is 11.2. The van der Waals surface area contributed by atoms with Gasteiger partial charge in [0.25, 0.3) is 0 Å². The van der Waals surface area contributed by atoms with Gasteiger partial charge in [0.15, 0.2) is 0 Å². The lowest BCUT2D eigenvalue weighted by atomic mass is 10.0. The highest BCUT2D eigenvalue weighted by Gasteiger charge is 1.93. The van der Waals surface area contributed by atoms with Crippen molar-refractivity contribution >= 4 is 0 Å². The zero-order valence-corrected chi connectivity index (χ0v) is 12.2. The summed E-state index contributed by atoms with van der Waals surface area (Å²) >= 11 is 0. The number of hydrogen-bond donors (Lipinski definition) is 0. The minimum atomic E-state index is 1.23. The van der Waals surface area contributed by atoms with Crippen molar-refractivity contribution in [1.29, 1.82) is 0 Å². The zero-order chi connectivity index (χ0) is 12.7. The Morgan fingerprint density at radius 2 is 0.556 bits per heavy atom. The van der Waals surface area contributed by atoms with Crippen LogP contribution in [0.25, 0.3) is 0 Å². The van der Waals surface area contributed by atoms with Crippen molar-refractivity contribution in [3.05, 3.63) is 24.3 Å².